The van der Waals surface area contributed by atoms with Gasteiger partial charge in [-0.2, -0.15) is 0 Å². The first-order valence-electron chi connectivity index (χ1n) is 5.10. The molecule has 1 unspecified atom stereocenters. The molecule has 2 rings (SSSR count). The predicted octanol–water partition coefficient (Wildman–Crippen LogP) is 0.769. The van der Waals surface area contributed by atoms with Crippen molar-refractivity contribution in [2.75, 3.05) is 0 Å². The number of nitrogens with zero attached hydrogens (tertiary/aromatic N) is 2. The highest BCUT2D eigenvalue weighted by Crippen LogP contribution is 2.29. The van der Waals surface area contributed by atoms with E-state index in [0.717, 1.165) is 6.42 Å². The molecule has 0 saturated heterocycles. The number of aromatic nitrogens is 3. The van der Waals surface area contributed by atoms with Gasteiger partial charge < -0.3 is 0 Å². The molecule has 13 heavy (non-hydrogen) atoms. The molecule has 3 nitrogen and oxygen atoms in total. The molecule has 0 bridgehead atoms. The average molecular weight is 177 g/mol. The van der Waals surface area contributed by atoms with Crippen molar-refractivity contribution in [2.45, 2.75) is 44.3 Å². The highest BCUT2D eigenvalue weighted by molar-refractivity contribution is 6.15. The van der Waals surface area contributed by atoms with Crippen molar-refractivity contribution >= 4 is 7.85 Å². The molecule has 1 aromatic rings. The maximum Gasteiger partial charge on any atom is 0.116 e. The molecule has 4 heteroatoms. The van der Waals surface area contributed by atoms with E-state index in [0.29, 0.717) is 0 Å². The van der Waals surface area contributed by atoms with Crippen LogP contribution in [0.3, 0.4) is 0 Å². The Morgan fingerprint density at radius 1 is 1.38 bits per heavy atom. The topological polar surface area (TPSA) is 41.6 Å². The van der Waals surface area contributed by atoms with Gasteiger partial charge in [0.15, 0.2) is 0 Å². The Morgan fingerprint density at radius 3 is 3.08 bits per heavy atom. The molecule has 1 aromatic heterocycles. The summed E-state index contributed by atoms with van der Waals surface area (Å²) in [4.78, 5) is 0. The largest absolute Gasteiger partial charge is 0.262 e. The summed E-state index contributed by atoms with van der Waals surface area (Å²) in [5.41, 5.74) is 2.44. The van der Waals surface area contributed by atoms with E-state index in [1.807, 2.05) is 0 Å². The van der Waals surface area contributed by atoms with Gasteiger partial charge in [0.25, 0.3) is 0 Å². The summed E-state index contributed by atoms with van der Waals surface area (Å²) in [6.45, 7) is 2.27. The van der Waals surface area contributed by atoms with Crippen molar-refractivity contribution in [3.8, 4) is 0 Å². The van der Waals surface area contributed by atoms with E-state index in [-0.39, 0.29) is 5.31 Å². The summed E-state index contributed by atoms with van der Waals surface area (Å²) in [6, 6.07) is 0. The van der Waals surface area contributed by atoms with Crippen molar-refractivity contribution < 1.29 is 0 Å². The van der Waals surface area contributed by atoms with E-state index in [9.17, 15) is 0 Å². The molecule has 0 spiro atoms. The van der Waals surface area contributed by atoms with Gasteiger partial charge in [-0.25, -0.2) is 0 Å². The van der Waals surface area contributed by atoms with Gasteiger partial charge in [-0.05, 0) is 24.6 Å². The number of rotatable bonds is 0. The Labute approximate surface area is 79.7 Å². The normalized spacial score (nSPS) is 29.0. The van der Waals surface area contributed by atoms with Gasteiger partial charge in [0.05, 0.1) is 11.4 Å². The minimum atomic E-state index is 0.235. The van der Waals surface area contributed by atoms with Gasteiger partial charge in [0, 0.05) is 0 Å². The van der Waals surface area contributed by atoms with Crippen molar-refractivity contribution in [1.82, 2.24) is 15.4 Å². The van der Waals surface area contributed by atoms with Gasteiger partial charge >= 0.3 is 0 Å². The fourth-order valence-corrected chi connectivity index (χ4v) is 2.13. The second kappa shape index (κ2) is 3.16. The number of fused-ring (bicyclic) bond motifs is 1. The maximum absolute atomic E-state index is 4.15. The minimum Gasteiger partial charge on any atom is -0.262 e. The summed E-state index contributed by atoms with van der Waals surface area (Å²) in [5.74, 6) is 0. The van der Waals surface area contributed by atoms with Crippen LogP contribution in [0.25, 0.3) is 0 Å². The number of aromatic amines is 1. The molecule has 1 N–H and O–H groups in total. The first-order valence-corrected chi connectivity index (χ1v) is 5.10. The molecule has 0 amide bonds. The summed E-state index contributed by atoms with van der Waals surface area (Å²) < 4.78 is 0. The third-order valence-electron chi connectivity index (χ3n) is 3.01. The van der Waals surface area contributed by atoms with Crippen LogP contribution >= 0.6 is 0 Å². The van der Waals surface area contributed by atoms with E-state index in [2.05, 4.69) is 30.2 Å². The van der Waals surface area contributed by atoms with Gasteiger partial charge in [-0.1, -0.05) is 25.0 Å². The van der Waals surface area contributed by atoms with Crippen molar-refractivity contribution in [3.05, 3.63) is 11.4 Å². The summed E-state index contributed by atoms with van der Waals surface area (Å²) in [6.07, 6.45) is 6.25. The molecule has 0 aliphatic heterocycles. The molecular weight excluding hydrogens is 161 g/mol. The number of hydrogen-bond acceptors (Lipinski definition) is 2. The standard InChI is InChI=1S/C9H16BN3/c1-9(10)6-4-2-3-5-7-8(9)12-13-11-7/h2-6,10H2,1H3,(H,11,12,13). The van der Waals surface area contributed by atoms with E-state index in [4.69, 9.17) is 0 Å². The highest BCUT2D eigenvalue weighted by Gasteiger charge is 2.27. The molecule has 0 radical (unpaired) electrons. The summed E-state index contributed by atoms with van der Waals surface area (Å²) >= 11 is 0. The van der Waals surface area contributed by atoms with Crippen LogP contribution in [0.4, 0.5) is 0 Å². The summed E-state index contributed by atoms with van der Waals surface area (Å²) in [5, 5.41) is 11.3. The Morgan fingerprint density at radius 2 is 2.23 bits per heavy atom. The van der Waals surface area contributed by atoms with E-state index >= 15 is 0 Å². The highest BCUT2D eigenvalue weighted by atomic mass is 15.3. The third kappa shape index (κ3) is 1.62. The molecule has 1 heterocycles. The van der Waals surface area contributed by atoms with E-state index < -0.39 is 0 Å². The van der Waals surface area contributed by atoms with Crippen LogP contribution in [0, 0.1) is 0 Å². The zero-order valence-electron chi connectivity index (χ0n) is 8.43. The minimum absolute atomic E-state index is 0.235. The maximum atomic E-state index is 4.15. The van der Waals surface area contributed by atoms with Crippen LogP contribution in [-0.4, -0.2) is 23.3 Å². The van der Waals surface area contributed by atoms with Crippen molar-refractivity contribution in [3.63, 3.8) is 0 Å². The van der Waals surface area contributed by atoms with E-state index in [1.54, 1.807) is 0 Å². The van der Waals surface area contributed by atoms with Crippen LogP contribution in [-0.2, 0) is 11.7 Å². The zero-order valence-corrected chi connectivity index (χ0v) is 8.43. The lowest BCUT2D eigenvalue weighted by atomic mass is 9.63. The molecule has 1 aliphatic carbocycles. The van der Waals surface area contributed by atoms with Gasteiger partial charge in [0.2, 0.25) is 0 Å². The van der Waals surface area contributed by atoms with Gasteiger partial charge in [-0.3, -0.25) is 5.10 Å². The first-order chi connectivity index (χ1) is 6.20. The Balaban J connectivity index is 2.36. The van der Waals surface area contributed by atoms with Crippen molar-refractivity contribution in [2.24, 2.45) is 0 Å². The number of nitrogens with one attached hydrogen (secondary N) is 1. The van der Waals surface area contributed by atoms with Gasteiger partial charge in [0.1, 0.15) is 7.85 Å². The number of aryl methyl sites for hydroxylation is 1. The predicted molar refractivity (Wildman–Crippen MR) is 54.5 cm³/mol. The molecule has 0 aromatic carbocycles. The van der Waals surface area contributed by atoms with Crippen LogP contribution < -0.4 is 0 Å². The van der Waals surface area contributed by atoms with Crippen LogP contribution in [0.15, 0.2) is 0 Å². The Bertz CT molecular complexity index is 293. The SMILES string of the molecule is BC1(C)CCCCCc2nn[nH]c21. The lowest BCUT2D eigenvalue weighted by Crippen LogP contribution is -2.25. The van der Waals surface area contributed by atoms with Crippen LogP contribution in [0.2, 0.25) is 0 Å². The Kier molecular flexibility index (Phi) is 2.14. The number of hydrogen-bond donors (Lipinski definition) is 1. The van der Waals surface area contributed by atoms with Gasteiger partial charge in [-0.15, -0.1) is 5.10 Å². The summed E-state index contributed by atoms with van der Waals surface area (Å²) in [7, 11) is 2.27. The lowest BCUT2D eigenvalue weighted by molar-refractivity contribution is 0.506. The third-order valence-corrected chi connectivity index (χ3v) is 3.01. The molecular formula is C9H16BN3. The monoisotopic (exact) mass is 177 g/mol. The fourth-order valence-electron chi connectivity index (χ4n) is 2.13. The molecule has 1 atom stereocenters. The second-order valence-electron chi connectivity index (χ2n) is 4.58. The molecule has 70 valence electrons. The van der Waals surface area contributed by atoms with Crippen LogP contribution in [0.5, 0.6) is 0 Å². The smallest absolute Gasteiger partial charge is 0.116 e. The van der Waals surface area contributed by atoms with Crippen molar-refractivity contribution in [1.29, 1.82) is 0 Å². The molecule has 0 saturated carbocycles. The first kappa shape index (κ1) is 8.79. The molecule has 1 aliphatic rings. The Hall–Kier alpha value is -0.795. The zero-order chi connectivity index (χ0) is 9.31. The molecule has 0 fully saturated rings. The number of H-pyrrole nitrogens is 1. The second-order valence-corrected chi connectivity index (χ2v) is 4.58. The lowest BCUT2D eigenvalue weighted by Gasteiger charge is -2.25. The average Bonchev–Trinajstić information content (AvgIpc) is 2.49. The van der Waals surface area contributed by atoms with Crippen LogP contribution in [0.1, 0.15) is 44.0 Å². The quantitative estimate of drug-likeness (QED) is 0.594. The fraction of sp³-hybridized carbons (Fsp3) is 0.778. The van der Waals surface area contributed by atoms with E-state index in [1.165, 1.54) is 37.1 Å².